The van der Waals surface area contributed by atoms with Crippen molar-refractivity contribution < 1.29 is 4.79 Å². The van der Waals surface area contributed by atoms with E-state index in [0.29, 0.717) is 25.2 Å². The number of para-hydroxylation sites is 2. The lowest BCUT2D eigenvalue weighted by atomic mass is 10.0. The number of likely N-dealkylation sites (tertiary alicyclic amines) is 1. The number of aromatic nitrogens is 5. The molecule has 0 spiro atoms. The maximum absolute atomic E-state index is 12.7. The van der Waals surface area contributed by atoms with Crippen LogP contribution in [0.5, 0.6) is 0 Å². The number of nitrogens with one attached hydrogen (secondary N) is 3. The summed E-state index contributed by atoms with van der Waals surface area (Å²) in [5.41, 5.74) is 1.56. The lowest BCUT2D eigenvalue weighted by Gasteiger charge is -2.34. The Morgan fingerprint density at radius 1 is 1.24 bits per heavy atom. The number of piperidine rings is 1. The average Bonchev–Trinajstić information content (AvgIpc) is 3.25. The zero-order chi connectivity index (χ0) is 17.2. The molecule has 3 aromatic rings. The number of aromatic amines is 3. The topological polar surface area (TPSA) is 111 Å². The highest BCUT2D eigenvalue weighted by Crippen LogP contribution is 2.28. The minimum absolute atomic E-state index is 0.0639. The summed E-state index contributed by atoms with van der Waals surface area (Å²) in [6.45, 7) is 0.693. The molecule has 3 heterocycles. The second kappa shape index (κ2) is 6.54. The van der Waals surface area contributed by atoms with Crippen molar-refractivity contribution in [1.29, 1.82) is 0 Å². The van der Waals surface area contributed by atoms with Gasteiger partial charge in [0.25, 0.3) is 0 Å². The lowest BCUT2D eigenvalue weighted by molar-refractivity contribution is -0.135. The first-order valence-corrected chi connectivity index (χ1v) is 8.58. The van der Waals surface area contributed by atoms with Gasteiger partial charge in [0.2, 0.25) is 5.91 Å². The SMILES string of the molecule is O=C(CCc1nc2ccccc2[nH]1)N1CCCCC1c1n[nH]c(=O)[nH]1. The van der Waals surface area contributed by atoms with Crippen LogP contribution in [0.25, 0.3) is 11.0 Å². The molecule has 0 aliphatic carbocycles. The van der Waals surface area contributed by atoms with Crippen LogP contribution >= 0.6 is 0 Å². The third kappa shape index (κ3) is 3.19. The molecule has 0 radical (unpaired) electrons. The Hall–Kier alpha value is -2.90. The summed E-state index contributed by atoms with van der Waals surface area (Å²) in [6, 6.07) is 7.67. The Morgan fingerprint density at radius 2 is 2.12 bits per heavy atom. The van der Waals surface area contributed by atoms with Crippen LogP contribution in [0, 0.1) is 0 Å². The van der Waals surface area contributed by atoms with Crippen molar-refractivity contribution in [3.63, 3.8) is 0 Å². The largest absolute Gasteiger partial charge is 0.342 e. The molecule has 1 aromatic carbocycles. The minimum Gasteiger partial charge on any atom is -0.342 e. The maximum Gasteiger partial charge on any atom is 0.340 e. The summed E-state index contributed by atoms with van der Waals surface area (Å²) < 4.78 is 0. The van der Waals surface area contributed by atoms with E-state index in [2.05, 4.69) is 25.1 Å². The molecule has 130 valence electrons. The van der Waals surface area contributed by atoms with Gasteiger partial charge in [0.05, 0.1) is 17.1 Å². The van der Waals surface area contributed by atoms with Crippen molar-refractivity contribution in [1.82, 2.24) is 30.0 Å². The number of carbonyl (C=O) groups excluding carboxylic acids is 1. The van der Waals surface area contributed by atoms with Crippen molar-refractivity contribution in [2.24, 2.45) is 0 Å². The number of amides is 1. The van der Waals surface area contributed by atoms with E-state index in [0.717, 1.165) is 36.1 Å². The van der Waals surface area contributed by atoms with Crippen molar-refractivity contribution in [2.75, 3.05) is 6.54 Å². The molecular weight excluding hydrogens is 320 g/mol. The van der Waals surface area contributed by atoms with E-state index in [9.17, 15) is 9.59 Å². The first kappa shape index (κ1) is 15.6. The predicted octanol–water partition coefficient (Wildman–Crippen LogP) is 1.66. The van der Waals surface area contributed by atoms with Crippen LogP contribution in [0.2, 0.25) is 0 Å². The highest BCUT2D eigenvalue weighted by molar-refractivity contribution is 5.77. The molecule has 1 amide bonds. The third-order valence-corrected chi connectivity index (χ3v) is 4.67. The van der Waals surface area contributed by atoms with Crippen molar-refractivity contribution >= 4 is 16.9 Å². The number of hydrogen-bond donors (Lipinski definition) is 3. The fourth-order valence-electron chi connectivity index (χ4n) is 3.45. The fraction of sp³-hybridized carbons (Fsp3) is 0.412. The van der Waals surface area contributed by atoms with Gasteiger partial charge in [-0.3, -0.25) is 9.78 Å². The van der Waals surface area contributed by atoms with Crippen molar-refractivity contribution in [2.45, 2.75) is 38.1 Å². The molecule has 2 aromatic heterocycles. The molecule has 0 bridgehead atoms. The van der Waals surface area contributed by atoms with Crippen LogP contribution in [0.1, 0.15) is 43.4 Å². The fourth-order valence-corrected chi connectivity index (χ4v) is 3.45. The van der Waals surface area contributed by atoms with E-state index in [4.69, 9.17) is 0 Å². The van der Waals surface area contributed by atoms with Crippen LogP contribution in [0.4, 0.5) is 0 Å². The lowest BCUT2D eigenvalue weighted by Crippen LogP contribution is -2.39. The van der Waals surface area contributed by atoms with Gasteiger partial charge in [0.1, 0.15) is 5.82 Å². The van der Waals surface area contributed by atoms with Gasteiger partial charge < -0.3 is 9.88 Å². The summed E-state index contributed by atoms with van der Waals surface area (Å²) in [4.78, 5) is 36.3. The van der Waals surface area contributed by atoms with Crippen LogP contribution in [-0.2, 0) is 11.2 Å². The molecule has 0 saturated carbocycles. The number of fused-ring (bicyclic) bond motifs is 1. The van der Waals surface area contributed by atoms with Crippen molar-refractivity contribution in [3.8, 4) is 0 Å². The van der Waals surface area contributed by atoms with Gasteiger partial charge in [0, 0.05) is 19.4 Å². The summed E-state index contributed by atoms with van der Waals surface area (Å²) in [5.74, 6) is 1.42. The van der Waals surface area contributed by atoms with Crippen molar-refractivity contribution in [3.05, 3.63) is 46.4 Å². The van der Waals surface area contributed by atoms with E-state index in [1.807, 2.05) is 29.2 Å². The molecule has 1 fully saturated rings. The van der Waals surface area contributed by atoms with Crippen LogP contribution in [0.3, 0.4) is 0 Å². The van der Waals surface area contributed by atoms with E-state index >= 15 is 0 Å². The molecule has 3 N–H and O–H groups in total. The molecule has 4 rings (SSSR count). The number of H-pyrrole nitrogens is 3. The molecule has 1 unspecified atom stereocenters. The van der Waals surface area contributed by atoms with Crippen LogP contribution in [0.15, 0.2) is 29.1 Å². The summed E-state index contributed by atoms with van der Waals surface area (Å²) in [5, 5.41) is 6.40. The normalized spacial score (nSPS) is 17.9. The Labute approximate surface area is 143 Å². The van der Waals surface area contributed by atoms with E-state index in [-0.39, 0.29) is 17.6 Å². The Kier molecular flexibility index (Phi) is 4.09. The number of carbonyl (C=O) groups is 1. The third-order valence-electron chi connectivity index (χ3n) is 4.67. The smallest absolute Gasteiger partial charge is 0.340 e. The Morgan fingerprint density at radius 3 is 2.92 bits per heavy atom. The van der Waals surface area contributed by atoms with E-state index in [1.165, 1.54) is 0 Å². The Balaban J connectivity index is 1.46. The predicted molar refractivity (Wildman–Crippen MR) is 91.9 cm³/mol. The first-order valence-electron chi connectivity index (χ1n) is 8.58. The zero-order valence-corrected chi connectivity index (χ0v) is 13.8. The number of rotatable bonds is 4. The van der Waals surface area contributed by atoms with Gasteiger partial charge in [-0.15, -0.1) is 0 Å². The summed E-state index contributed by atoms with van der Waals surface area (Å²) >= 11 is 0. The van der Waals surface area contributed by atoms with Gasteiger partial charge in [-0.25, -0.2) is 14.9 Å². The number of nitrogens with zero attached hydrogens (tertiary/aromatic N) is 3. The first-order chi connectivity index (χ1) is 12.2. The molecule has 25 heavy (non-hydrogen) atoms. The molecule has 1 aliphatic rings. The maximum atomic E-state index is 12.7. The van der Waals surface area contributed by atoms with Gasteiger partial charge >= 0.3 is 5.69 Å². The number of benzene rings is 1. The second-order valence-electron chi connectivity index (χ2n) is 6.36. The second-order valence-corrected chi connectivity index (χ2v) is 6.36. The quantitative estimate of drug-likeness (QED) is 0.671. The molecular formula is C17H20N6O2. The molecule has 1 atom stereocenters. The highest BCUT2D eigenvalue weighted by atomic mass is 16.2. The van der Waals surface area contributed by atoms with Gasteiger partial charge in [-0.1, -0.05) is 12.1 Å². The molecule has 1 saturated heterocycles. The minimum atomic E-state index is -0.338. The highest BCUT2D eigenvalue weighted by Gasteiger charge is 2.30. The Bertz CT molecular complexity index is 907. The van der Waals surface area contributed by atoms with Crippen LogP contribution < -0.4 is 5.69 Å². The zero-order valence-electron chi connectivity index (χ0n) is 13.8. The monoisotopic (exact) mass is 340 g/mol. The summed E-state index contributed by atoms with van der Waals surface area (Å²) in [7, 11) is 0. The van der Waals surface area contributed by atoms with E-state index < -0.39 is 0 Å². The molecule has 1 aliphatic heterocycles. The number of imidazole rings is 1. The number of aryl methyl sites for hydroxylation is 1. The summed E-state index contributed by atoms with van der Waals surface area (Å²) in [6.07, 6.45) is 3.75. The molecule has 8 nitrogen and oxygen atoms in total. The molecule has 8 heteroatoms. The standard InChI is InChI=1S/C17H20N6O2/c24-15(9-8-14-18-11-5-1-2-6-12(11)19-14)23-10-4-3-7-13(23)16-20-17(25)22-21-16/h1-2,5-6,13H,3-4,7-10H2,(H,18,19)(H2,20,21,22,25). The average molecular weight is 340 g/mol. The number of hydrogen-bond acceptors (Lipinski definition) is 4. The van der Waals surface area contributed by atoms with Gasteiger partial charge in [-0.05, 0) is 31.4 Å². The van der Waals surface area contributed by atoms with E-state index in [1.54, 1.807) is 0 Å². The van der Waals surface area contributed by atoms with Gasteiger partial charge in [0.15, 0.2) is 5.82 Å². The van der Waals surface area contributed by atoms with Gasteiger partial charge in [-0.2, -0.15) is 5.10 Å². The van der Waals surface area contributed by atoms with Crippen LogP contribution in [-0.4, -0.2) is 42.5 Å².